The van der Waals surface area contributed by atoms with Crippen LogP contribution in [0.1, 0.15) is 42.9 Å². The number of carboxylic acids is 1. The number of hydrogen-bond acceptors (Lipinski definition) is 5. The molecule has 0 aliphatic heterocycles. The Bertz CT molecular complexity index is 1380. The van der Waals surface area contributed by atoms with Gasteiger partial charge in [-0.25, -0.2) is 19.8 Å². The molecule has 0 saturated carbocycles. The number of fused-ring (bicyclic) bond motifs is 3. The fourth-order valence-electron chi connectivity index (χ4n) is 5.16. The van der Waals surface area contributed by atoms with Crippen LogP contribution in [-0.4, -0.2) is 59.9 Å². The summed E-state index contributed by atoms with van der Waals surface area (Å²) >= 11 is 0. The normalized spacial score (nSPS) is 13.3. The van der Waals surface area contributed by atoms with Gasteiger partial charge in [0.1, 0.15) is 18.7 Å². The summed E-state index contributed by atoms with van der Waals surface area (Å²) in [6.07, 6.45) is -0.407. The predicted molar refractivity (Wildman–Crippen MR) is 157 cm³/mol. The molecule has 10 nitrogen and oxygen atoms in total. The van der Waals surface area contributed by atoms with Gasteiger partial charge in [0, 0.05) is 19.4 Å². The van der Waals surface area contributed by atoms with Crippen molar-refractivity contribution in [3.8, 4) is 11.1 Å². The molecule has 10 heteroatoms. The van der Waals surface area contributed by atoms with Crippen LogP contribution in [0, 0.1) is 5.92 Å². The number of amides is 4. The average molecular weight is 573 g/mol. The van der Waals surface area contributed by atoms with Crippen LogP contribution in [0.4, 0.5) is 9.59 Å². The maximum atomic E-state index is 13.4. The number of nitrogens with zero attached hydrogens (tertiary/aromatic N) is 1. The van der Waals surface area contributed by atoms with E-state index >= 15 is 0 Å². The number of rotatable bonds is 10. The van der Waals surface area contributed by atoms with Gasteiger partial charge in [-0.3, -0.25) is 9.80 Å². The molecule has 1 aliphatic rings. The molecule has 220 valence electrons. The predicted octanol–water partition coefficient (Wildman–Crippen LogP) is 4.31. The third-order valence-electron chi connectivity index (χ3n) is 7.13. The van der Waals surface area contributed by atoms with Crippen molar-refractivity contribution in [3.63, 3.8) is 0 Å². The van der Waals surface area contributed by atoms with E-state index in [4.69, 9.17) is 4.74 Å². The van der Waals surface area contributed by atoms with Gasteiger partial charge in [-0.1, -0.05) is 92.7 Å². The molecule has 0 unspecified atom stereocenters. The first-order valence-corrected chi connectivity index (χ1v) is 13.9. The molecule has 1 aliphatic carbocycles. The lowest BCUT2D eigenvalue weighted by molar-refractivity contribution is -0.139. The minimum Gasteiger partial charge on any atom is -0.480 e. The van der Waals surface area contributed by atoms with E-state index in [1.165, 1.54) is 7.05 Å². The lowest BCUT2D eigenvalue weighted by Crippen LogP contribution is -2.57. The van der Waals surface area contributed by atoms with E-state index in [1.807, 2.05) is 92.7 Å². The monoisotopic (exact) mass is 572 g/mol. The molecular weight excluding hydrogens is 536 g/mol. The second-order valence-corrected chi connectivity index (χ2v) is 10.7. The Kier molecular flexibility index (Phi) is 9.80. The molecule has 0 aromatic heterocycles. The molecule has 0 radical (unpaired) electrons. The van der Waals surface area contributed by atoms with E-state index < -0.39 is 36.1 Å². The van der Waals surface area contributed by atoms with E-state index in [2.05, 4.69) is 16.1 Å². The highest BCUT2D eigenvalue weighted by Crippen LogP contribution is 2.44. The lowest BCUT2D eigenvalue weighted by Gasteiger charge is -2.26. The number of hydrazine groups is 1. The maximum Gasteiger partial charge on any atom is 0.407 e. The number of hydrogen-bond donors (Lipinski definition) is 4. The number of ether oxygens (including phenoxy) is 1. The van der Waals surface area contributed by atoms with Crippen LogP contribution in [0.25, 0.3) is 11.1 Å². The maximum absolute atomic E-state index is 13.4. The van der Waals surface area contributed by atoms with Crippen molar-refractivity contribution in [1.29, 1.82) is 0 Å². The van der Waals surface area contributed by atoms with Crippen molar-refractivity contribution < 1.29 is 29.0 Å². The molecule has 4 N–H and O–H groups in total. The zero-order valence-corrected chi connectivity index (χ0v) is 23.9. The number of alkyl carbamates (subject to hydrolysis) is 1. The minimum absolute atomic E-state index is 0.0300. The highest BCUT2D eigenvalue weighted by molar-refractivity contribution is 5.89. The fourth-order valence-corrected chi connectivity index (χ4v) is 5.16. The number of carbonyl (C=O) groups is 4. The van der Waals surface area contributed by atoms with Crippen LogP contribution < -0.4 is 16.1 Å². The topological polar surface area (TPSA) is 137 Å². The summed E-state index contributed by atoms with van der Waals surface area (Å²) in [5.41, 5.74) is 7.47. The van der Waals surface area contributed by atoms with Crippen molar-refractivity contribution in [2.45, 2.75) is 44.7 Å². The van der Waals surface area contributed by atoms with E-state index in [0.29, 0.717) is 0 Å². The van der Waals surface area contributed by atoms with Gasteiger partial charge in [0.05, 0.1) is 0 Å². The number of aliphatic carboxylic acids is 1. The average Bonchev–Trinajstić information content (AvgIpc) is 3.28. The Morgan fingerprint density at radius 3 is 1.98 bits per heavy atom. The molecule has 0 saturated heterocycles. The summed E-state index contributed by atoms with van der Waals surface area (Å²) in [6, 6.07) is 22.1. The molecule has 0 spiro atoms. The van der Waals surface area contributed by atoms with Crippen LogP contribution in [0.2, 0.25) is 0 Å². The Hall–Kier alpha value is -4.86. The zero-order valence-electron chi connectivity index (χ0n) is 23.9. The van der Waals surface area contributed by atoms with Crippen LogP contribution in [0.15, 0.2) is 78.9 Å². The molecule has 42 heavy (non-hydrogen) atoms. The Morgan fingerprint density at radius 1 is 0.833 bits per heavy atom. The third kappa shape index (κ3) is 7.45. The number of urea groups is 1. The van der Waals surface area contributed by atoms with E-state index in [1.54, 1.807) is 0 Å². The largest absolute Gasteiger partial charge is 0.480 e. The molecule has 3 aromatic rings. The second kappa shape index (κ2) is 13.7. The number of benzene rings is 3. The minimum atomic E-state index is -1.17. The number of carboxylic acid groups (broad SMARTS) is 1. The molecule has 3 aromatic carbocycles. The highest BCUT2D eigenvalue weighted by Gasteiger charge is 2.31. The SMILES string of the molecule is CC(C)C[C@H](NC(=O)NN(C)C(=O)[C@H](Cc1ccccc1)NC(=O)OCC1c2ccccc2-c2ccccc21)C(=O)O. The molecule has 4 rings (SSSR count). The van der Waals surface area contributed by atoms with Gasteiger partial charge in [0.15, 0.2) is 0 Å². The van der Waals surface area contributed by atoms with Crippen LogP contribution in [-0.2, 0) is 20.7 Å². The Morgan fingerprint density at radius 2 is 1.40 bits per heavy atom. The van der Waals surface area contributed by atoms with Gasteiger partial charge >= 0.3 is 18.1 Å². The quantitative estimate of drug-likeness (QED) is 0.267. The van der Waals surface area contributed by atoms with Crippen molar-refractivity contribution in [2.24, 2.45) is 5.92 Å². The summed E-state index contributed by atoms with van der Waals surface area (Å²) in [5.74, 6) is -1.90. The van der Waals surface area contributed by atoms with Crippen LogP contribution in [0.3, 0.4) is 0 Å². The van der Waals surface area contributed by atoms with E-state index in [9.17, 15) is 24.3 Å². The van der Waals surface area contributed by atoms with Gasteiger partial charge in [-0.05, 0) is 40.2 Å². The number of likely N-dealkylation sites (N-methyl/N-ethyl adjacent to an activating group) is 1. The number of carbonyl (C=O) groups excluding carboxylic acids is 3. The molecule has 2 atom stereocenters. The summed E-state index contributed by atoms with van der Waals surface area (Å²) in [6.45, 7) is 3.76. The van der Waals surface area contributed by atoms with Crippen molar-refractivity contribution in [2.75, 3.05) is 13.7 Å². The van der Waals surface area contributed by atoms with Crippen molar-refractivity contribution in [3.05, 3.63) is 95.6 Å². The van der Waals surface area contributed by atoms with Gasteiger partial charge in [-0.15, -0.1) is 0 Å². The molecule has 0 bridgehead atoms. The molecule has 0 heterocycles. The van der Waals surface area contributed by atoms with E-state index in [0.717, 1.165) is 32.8 Å². The number of nitrogens with one attached hydrogen (secondary N) is 3. The molecular formula is C32H36N4O6. The highest BCUT2D eigenvalue weighted by atomic mass is 16.5. The van der Waals surface area contributed by atoms with Crippen molar-refractivity contribution >= 4 is 24.0 Å². The van der Waals surface area contributed by atoms with Crippen LogP contribution in [0.5, 0.6) is 0 Å². The molecule has 0 fully saturated rings. The summed E-state index contributed by atoms with van der Waals surface area (Å²) in [7, 11) is 1.33. The van der Waals surface area contributed by atoms with Gasteiger partial charge in [0.2, 0.25) is 0 Å². The lowest BCUT2D eigenvalue weighted by atomic mass is 9.98. The summed E-state index contributed by atoms with van der Waals surface area (Å²) in [4.78, 5) is 50.5. The third-order valence-corrected chi connectivity index (χ3v) is 7.13. The first-order chi connectivity index (χ1) is 20.1. The second-order valence-electron chi connectivity index (χ2n) is 10.7. The van der Waals surface area contributed by atoms with Gasteiger partial charge in [-0.2, -0.15) is 0 Å². The Balaban J connectivity index is 1.42. The van der Waals surface area contributed by atoms with Gasteiger partial charge < -0.3 is 20.5 Å². The first kappa shape index (κ1) is 30.1. The first-order valence-electron chi connectivity index (χ1n) is 13.9. The summed E-state index contributed by atoms with van der Waals surface area (Å²) in [5, 5.41) is 15.4. The smallest absolute Gasteiger partial charge is 0.407 e. The van der Waals surface area contributed by atoms with E-state index in [-0.39, 0.29) is 31.3 Å². The van der Waals surface area contributed by atoms with Crippen molar-refractivity contribution in [1.82, 2.24) is 21.1 Å². The standard InChI is InChI=1S/C32H36N4O6/c1-20(2)17-28(30(38)39)33-31(40)35-36(3)29(37)27(18-21-11-5-4-6-12-21)34-32(41)42-19-26-24-15-9-7-13-22(24)23-14-8-10-16-25(23)26/h4-16,20,26-28H,17-19H2,1-3H3,(H,34,41)(H,38,39)(H2,33,35,40)/t27-,28-/m0/s1. The van der Waals surface area contributed by atoms with Gasteiger partial charge in [0.25, 0.3) is 5.91 Å². The fraction of sp³-hybridized carbons (Fsp3) is 0.312. The molecule has 4 amide bonds. The zero-order chi connectivity index (χ0) is 30.2. The summed E-state index contributed by atoms with van der Waals surface area (Å²) < 4.78 is 5.65. The Labute approximate surface area is 245 Å². The van der Waals surface area contributed by atoms with Crippen LogP contribution >= 0.6 is 0 Å².